The summed E-state index contributed by atoms with van der Waals surface area (Å²) in [7, 11) is 0. The Hall–Kier alpha value is -0.520. The van der Waals surface area contributed by atoms with Crippen molar-refractivity contribution in [3.05, 3.63) is 12.4 Å². The zero-order valence-electron chi connectivity index (χ0n) is 6.82. The molecule has 0 aliphatic rings. The van der Waals surface area contributed by atoms with Gasteiger partial charge in [-0.15, -0.1) is 0 Å². The number of thioether (sulfide) groups is 1. The fourth-order valence-electron chi connectivity index (χ4n) is 0.712. The molecule has 5 heteroatoms. The second-order valence-corrected chi connectivity index (χ2v) is 3.23. The van der Waals surface area contributed by atoms with E-state index in [-0.39, 0.29) is 0 Å². The SMILES string of the molecule is NCCOCCSc1ncc[nH]1. The van der Waals surface area contributed by atoms with Gasteiger partial charge in [-0.3, -0.25) is 0 Å². The van der Waals surface area contributed by atoms with Gasteiger partial charge < -0.3 is 15.5 Å². The van der Waals surface area contributed by atoms with Crippen molar-refractivity contribution < 1.29 is 4.74 Å². The summed E-state index contributed by atoms with van der Waals surface area (Å²) in [6.07, 6.45) is 3.55. The first-order valence-electron chi connectivity index (χ1n) is 3.83. The zero-order valence-corrected chi connectivity index (χ0v) is 7.64. The van der Waals surface area contributed by atoms with E-state index in [1.165, 1.54) is 0 Å². The first-order valence-corrected chi connectivity index (χ1v) is 4.82. The molecule has 0 fully saturated rings. The zero-order chi connectivity index (χ0) is 8.65. The number of hydrogen-bond acceptors (Lipinski definition) is 4. The standard InChI is InChI=1S/C7H13N3OS/c8-1-4-11-5-6-12-7-9-2-3-10-7/h2-3H,1,4-6,8H2,(H,9,10). The van der Waals surface area contributed by atoms with Gasteiger partial charge in [-0.1, -0.05) is 11.8 Å². The summed E-state index contributed by atoms with van der Waals surface area (Å²) in [5.74, 6) is 0.910. The first kappa shape index (κ1) is 9.57. The fraction of sp³-hybridized carbons (Fsp3) is 0.571. The Bertz CT molecular complexity index is 191. The van der Waals surface area contributed by atoms with Gasteiger partial charge in [0.2, 0.25) is 0 Å². The Morgan fingerprint density at radius 2 is 2.50 bits per heavy atom. The van der Waals surface area contributed by atoms with Crippen LogP contribution >= 0.6 is 11.8 Å². The number of aromatic nitrogens is 2. The normalized spacial score (nSPS) is 10.4. The molecule has 0 unspecified atom stereocenters. The lowest BCUT2D eigenvalue weighted by Crippen LogP contribution is -2.09. The molecule has 0 aliphatic carbocycles. The van der Waals surface area contributed by atoms with Crippen molar-refractivity contribution in [2.75, 3.05) is 25.5 Å². The molecule has 0 spiro atoms. The molecule has 1 aromatic heterocycles. The van der Waals surface area contributed by atoms with Gasteiger partial charge >= 0.3 is 0 Å². The van der Waals surface area contributed by atoms with Gasteiger partial charge in [0.15, 0.2) is 5.16 Å². The molecule has 1 rings (SSSR count). The second-order valence-electron chi connectivity index (χ2n) is 2.14. The van der Waals surface area contributed by atoms with Crippen LogP contribution in [0.15, 0.2) is 17.6 Å². The van der Waals surface area contributed by atoms with Crippen LogP contribution in [0.2, 0.25) is 0 Å². The van der Waals surface area contributed by atoms with E-state index in [1.54, 1.807) is 18.0 Å². The van der Waals surface area contributed by atoms with Crippen LogP contribution in [0.25, 0.3) is 0 Å². The Morgan fingerprint density at radius 1 is 1.58 bits per heavy atom. The third-order valence-electron chi connectivity index (χ3n) is 1.20. The maximum atomic E-state index is 5.26. The largest absolute Gasteiger partial charge is 0.379 e. The van der Waals surface area contributed by atoms with Gasteiger partial charge in [0, 0.05) is 24.7 Å². The summed E-state index contributed by atoms with van der Waals surface area (Å²) in [6.45, 7) is 1.95. The summed E-state index contributed by atoms with van der Waals surface area (Å²) in [6, 6.07) is 0. The van der Waals surface area contributed by atoms with Crippen LogP contribution in [-0.4, -0.2) is 35.5 Å². The third kappa shape index (κ3) is 3.75. The lowest BCUT2D eigenvalue weighted by molar-refractivity contribution is 0.158. The number of rotatable bonds is 6. The van der Waals surface area contributed by atoms with Crippen LogP contribution in [0.5, 0.6) is 0 Å². The molecule has 0 saturated carbocycles. The lowest BCUT2D eigenvalue weighted by atomic mass is 10.7. The third-order valence-corrected chi connectivity index (χ3v) is 2.07. The summed E-state index contributed by atoms with van der Waals surface area (Å²) >= 11 is 1.65. The molecule has 0 radical (unpaired) electrons. The lowest BCUT2D eigenvalue weighted by Gasteiger charge is -1.99. The molecule has 0 aromatic carbocycles. The van der Waals surface area contributed by atoms with E-state index in [0.717, 1.165) is 17.5 Å². The Labute approximate surface area is 75.9 Å². The summed E-state index contributed by atoms with van der Waals surface area (Å²) in [5.41, 5.74) is 5.26. The maximum absolute atomic E-state index is 5.26. The van der Waals surface area contributed by atoms with Crippen molar-refractivity contribution in [1.29, 1.82) is 0 Å². The molecule has 0 aliphatic heterocycles. The highest BCUT2D eigenvalue weighted by Gasteiger charge is 1.94. The number of nitrogens with zero attached hydrogens (tertiary/aromatic N) is 1. The van der Waals surface area contributed by atoms with Gasteiger partial charge in [-0.05, 0) is 0 Å². The molecule has 0 saturated heterocycles. The minimum atomic E-state index is 0.589. The van der Waals surface area contributed by atoms with E-state index in [9.17, 15) is 0 Å². The van der Waals surface area contributed by atoms with E-state index < -0.39 is 0 Å². The van der Waals surface area contributed by atoms with Gasteiger partial charge in [-0.25, -0.2) is 4.98 Å². The highest BCUT2D eigenvalue weighted by atomic mass is 32.2. The molecule has 12 heavy (non-hydrogen) atoms. The Balaban J connectivity index is 1.96. The topological polar surface area (TPSA) is 63.9 Å². The van der Waals surface area contributed by atoms with Crippen molar-refractivity contribution in [3.63, 3.8) is 0 Å². The number of ether oxygens (including phenoxy) is 1. The molecular formula is C7H13N3OS. The van der Waals surface area contributed by atoms with E-state index in [1.807, 2.05) is 6.20 Å². The first-order chi connectivity index (χ1) is 5.93. The molecule has 1 aromatic rings. The quantitative estimate of drug-likeness (QED) is 0.502. The average molecular weight is 187 g/mol. The number of nitrogens with two attached hydrogens (primary N) is 1. The number of nitrogens with one attached hydrogen (secondary N) is 1. The molecule has 4 nitrogen and oxygen atoms in total. The molecule has 3 N–H and O–H groups in total. The van der Waals surface area contributed by atoms with E-state index in [0.29, 0.717) is 13.2 Å². The van der Waals surface area contributed by atoms with Crippen LogP contribution < -0.4 is 5.73 Å². The summed E-state index contributed by atoms with van der Waals surface area (Å²) < 4.78 is 5.19. The minimum absolute atomic E-state index is 0.589. The van der Waals surface area contributed by atoms with Gasteiger partial charge in [0.1, 0.15) is 0 Å². The predicted molar refractivity (Wildman–Crippen MR) is 49.2 cm³/mol. The van der Waals surface area contributed by atoms with Crippen molar-refractivity contribution in [1.82, 2.24) is 9.97 Å². The highest BCUT2D eigenvalue weighted by molar-refractivity contribution is 7.99. The van der Waals surface area contributed by atoms with Crippen molar-refractivity contribution in [3.8, 4) is 0 Å². The van der Waals surface area contributed by atoms with Crippen LogP contribution in [0.3, 0.4) is 0 Å². The number of aromatic amines is 1. The number of H-pyrrole nitrogens is 1. The van der Waals surface area contributed by atoms with Gasteiger partial charge in [-0.2, -0.15) is 0 Å². The molecule has 0 amide bonds. The average Bonchev–Trinajstić information content (AvgIpc) is 2.57. The van der Waals surface area contributed by atoms with Crippen molar-refractivity contribution in [2.24, 2.45) is 5.73 Å². The molecule has 68 valence electrons. The molecule has 1 heterocycles. The van der Waals surface area contributed by atoms with Crippen LogP contribution in [-0.2, 0) is 4.74 Å². The number of hydrogen-bond donors (Lipinski definition) is 2. The predicted octanol–water partition coefficient (Wildman–Crippen LogP) is 0.477. The Kier molecular flexibility index (Phi) is 4.82. The highest BCUT2D eigenvalue weighted by Crippen LogP contribution is 2.10. The van der Waals surface area contributed by atoms with Crippen LogP contribution in [0.4, 0.5) is 0 Å². The molecule has 0 bridgehead atoms. The van der Waals surface area contributed by atoms with Gasteiger partial charge in [0.25, 0.3) is 0 Å². The maximum Gasteiger partial charge on any atom is 0.165 e. The van der Waals surface area contributed by atoms with Crippen molar-refractivity contribution in [2.45, 2.75) is 5.16 Å². The van der Waals surface area contributed by atoms with Crippen LogP contribution in [0.1, 0.15) is 0 Å². The smallest absolute Gasteiger partial charge is 0.165 e. The van der Waals surface area contributed by atoms with Gasteiger partial charge in [0.05, 0.1) is 13.2 Å². The van der Waals surface area contributed by atoms with Crippen LogP contribution in [0, 0.1) is 0 Å². The molecule has 0 atom stereocenters. The second kappa shape index (κ2) is 6.05. The summed E-state index contributed by atoms with van der Waals surface area (Å²) in [5, 5.41) is 0.936. The van der Waals surface area contributed by atoms with Crippen molar-refractivity contribution >= 4 is 11.8 Å². The minimum Gasteiger partial charge on any atom is -0.379 e. The van der Waals surface area contributed by atoms with E-state index in [4.69, 9.17) is 10.5 Å². The number of imidazole rings is 1. The fourth-order valence-corrected chi connectivity index (χ4v) is 1.39. The molecular weight excluding hydrogens is 174 g/mol. The summed E-state index contributed by atoms with van der Waals surface area (Å²) in [4.78, 5) is 7.06. The monoisotopic (exact) mass is 187 g/mol. The van der Waals surface area contributed by atoms with E-state index in [2.05, 4.69) is 9.97 Å². The van der Waals surface area contributed by atoms with E-state index >= 15 is 0 Å². The Morgan fingerprint density at radius 3 is 3.17 bits per heavy atom.